The molecule has 1 N–H and O–H groups in total. The normalized spacial score (nSPS) is 17.6. The first kappa shape index (κ1) is 10.9. The average Bonchev–Trinajstić information content (AvgIpc) is 2.15. The largest absolute Gasteiger partial charge is 0.362 e. The molecule has 0 amide bonds. The third-order valence-corrected chi connectivity index (χ3v) is 3.20. The Balaban J connectivity index is 2.10. The van der Waals surface area contributed by atoms with E-state index < -0.39 is 4.92 Å². The lowest BCUT2D eigenvalue weighted by atomic mass is 9.80. The van der Waals surface area contributed by atoms with Gasteiger partial charge in [-0.25, -0.2) is 4.98 Å². The van der Waals surface area contributed by atoms with E-state index in [-0.39, 0.29) is 11.7 Å². The lowest BCUT2D eigenvalue weighted by Gasteiger charge is -2.31. The van der Waals surface area contributed by atoms with E-state index in [1.807, 2.05) is 0 Å². The average molecular weight is 221 g/mol. The molecule has 0 aromatic carbocycles. The molecule has 2 rings (SSSR count). The summed E-state index contributed by atoms with van der Waals surface area (Å²) in [5.41, 5.74) is 0.0497. The zero-order valence-electron chi connectivity index (χ0n) is 9.22. The molecule has 1 fully saturated rings. The van der Waals surface area contributed by atoms with Gasteiger partial charge in [-0.1, -0.05) is 6.42 Å². The monoisotopic (exact) mass is 221 g/mol. The maximum Gasteiger partial charge on any atom is 0.311 e. The number of hydrogen-bond donors (Lipinski definition) is 1. The second-order valence-corrected chi connectivity index (χ2v) is 4.25. The van der Waals surface area contributed by atoms with Crippen molar-refractivity contribution in [1.29, 1.82) is 0 Å². The fourth-order valence-electron chi connectivity index (χ4n) is 1.93. The third kappa shape index (κ3) is 2.13. The van der Waals surface area contributed by atoms with Crippen LogP contribution in [-0.4, -0.2) is 15.9 Å². The van der Waals surface area contributed by atoms with Gasteiger partial charge in [0.2, 0.25) is 5.82 Å². The molecule has 1 aliphatic carbocycles. The van der Waals surface area contributed by atoms with Crippen LogP contribution in [-0.2, 0) is 0 Å². The summed E-state index contributed by atoms with van der Waals surface area (Å²) in [6.07, 6.45) is 5.24. The summed E-state index contributed by atoms with van der Waals surface area (Å²) in [4.78, 5) is 14.4. The van der Waals surface area contributed by atoms with E-state index in [0.29, 0.717) is 11.7 Å². The van der Waals surface area contributed by atoms with Crippen molar-refractivity contribution in [2.24, 2.45) is 5.92 Å². The van der Waals surface area contributed by atoms with Gasteiger partial charge < -0.3 is 5.32 Å². The molecule has 5 nitrogen and oxygen atoms in total. The molecule has 0 saturated heterocycles. The van der Waals surface area contributed by atoms with E-state index in [9.17, 15) is 10.1 Å². The minimum absolute atomic E-state index is 0.0497. The quantitative estimate of drug-likeness (QED) is 0.626. The molecule has 16 heavy (non-hydrogen) atoms. The number of nitrogens with one attached hydrogen (secondary N) is 1. The van der Waals surface area contributed by atoms with Crippen molar-refractivity contribution in [2.75, 3.05) is 5.32 Å². The number of hydrogen-bond acceptors (Lipinski definition) is 4. The standard InChI is InChI=1S/C11H15N3O2/c1-8(9-4-2-5-9)13-11-10(14(15)16)6-3-7-12-11/h3,6-9H,2,4-5H2,1H3,(H,12,13). The maximum absolute atomic E-state index is 10.8. The molecule has 1 heterocycles. The molecule has 86 valence electrons. The van der Waals surface area contributed by atoms with E-state index >= 15 is 0 Å². The zero-order chi connectivity index (χ0) is 11.5. The summed E-state index contributed by atoms with van der Waals surface area (Å²) in [6, 6.07) is 3.31. The Morgan fingerprint density at radius 1 is 1.62 bits per heavy atom. The van der Waals surface area contributed by atoms with Crippen molar-refractivity contribution in [3.63, 3.8) is 0 Å². The maximum atomic E-state index is 10.8. The van der Waals surface area contributed by atoms with Crippen molar-refractivity contribution in [3.8, 4) is 0 Å². The van der Waals surface area contributed by atoms with Crippen LogP contribution in [0.4, 0.5) is 11.5 Å². The second-order valence-electron chi connectivity index (χ2n) is 4.25. The fourth-order valence-corrected chi connectivity index (χ4v) is 1.93. The Kier molecular flexibility index (Phi) is 3.03. The van der Waals surface area contributed by atoms with Gasteiger partial charge in [0.1, 0.15) is 0 Å². The van der Waals surface area contributed by atoms with Crippen molar-refractivity contribution in [1.82, 2.24) is 4.98 Å². The van der Waals surface area contributed by atoms with Crippen molar-refractivity contribution in [3.05, 3.63) is 28.4 Å². The number of rotatable bonds is 4. The number of nitro groups is 1. The van der Waals surface area contributed by atoms with Crippen LogP contribution in [0.5, 0.6) is 0 Å². The Labute approximate surface area is 94.0 Å². The summed E-state index contributed by atoms with van der Waals surface area (Å²) < 4.78 is 0. The van der Waals surface area contributed by atoms with Gasteiger partial charge in [0.05, 0.1) is 4.92 Å². The highest BCUT2D eigenvalue weighted by Crippen LogP contribution is 2.32. The molecule has 0 spiro atoms. The van der Waals surface area contributed by atoms with E-state index in [1.165, 1.54) is 25.3 Å². The highest BCUT2D eigenvalue weighted by atomic mass is 16.6. The van der Waals surface area contributed by atoms with Crippen LogP contribution >= 0.6 is 0 Å². The van der Waals surface area contributed by atoms with E-state index in [0.717, 1.165) is 0 Å². The van der Waals surface area contributed by atoms with Crippen LogP contribution in [0, 0.1) is 16.0 Å². The van der Waals surface area contributed by atoms with Crippen LogP contribution in [0.1, 0.15) is 26.2 Å². The van der Waals surface area contributed by atoms with Crippen molar-refractivity contribution >= 4 is 11.5 Å². The molecule has 0 radical (unpaired) electrons. The number of pyridine rings is 1. The van der Waals surface area contributed by atoms with Gasteiger partial charge in [-0.05, 0) is 31.7 Å². The molecule has 1 saturated carbocycles. The summed E-state index contributed by atoms with van der Waals surface area (Å²) in [5, 5.41) is 13.9. The SMILES string of the molecule is CC(Nc1ncccc1[N+](=O)[O-])C1CCC1. The van der Waals surface area contributed by atoms with Gasteiger partial charge in [-0.2, -0.15) is 0 Å². The van der Waals surface area contributed by atoms with Crippen molar-refractivity contribution < 1.29 is 4.92 Å². The van der Waals surface area contributed by atoms with Gasteiger partial charge >= 0.3 is 5.69 Å². The smallest absolute Gasteiger partial charge is 0.311 e. The van der Waals surface area contributed by atoms with E-state index in [1.54, 1.807) is 12.3 Å². The Morgan fingerprint density at radius 3 is 2.94 bits per heavy atom. The molecule has 5 heteroatoms. The predicted molar refractivity (Wildman–Crippen MR) is 61.3 cm³/mol. The van der Waals surface area contributed by atoms with Gasteiger partial charge in [-0.15, -0.1) is 0 Å². The van der Waals surface area contributed by atoms with E-state index in [2.05, 4.69) is 17.2 Å². The van der Waals surface area contributed by atoms with E-state index in [4.69, 9.17) is 0 Å². The summed E-state index contributed by atoms with van der Waals surface area (Å²) >= 11 is 0. The molecular weight excluding hydrogens is 206 g/mol. The molecule has 1 aromatic heterocycles. The van der Waals surface area contributed by atoms with Crippen molar-refractivity contribution in [2.45, 2.75) is 32.2 Å². The van der Waals surface area contributed by atoms with Crippen LogP contribution in [0.2, 0.25) is 0 Å². The van der Waals surface area contributed by atoms with Crippen LogP contribution in [0.25, 0.3) is 0 Å². The molecule has 1 atom stereocenters. The first-order valence-corrected chi connectivity index (χ1v) is 5.54. The molecule has 0 bridgehead atoms. The second kappa shape index (κ2) is 4.47. The Hall–Kier alpha value is -1.65. The minimum atomic E-state index is -0.400. The lowest BCUT2D eigenvalue weighted by Crippen LogP contribution is -2.31. The van der Waals surface area contributed by atoms with Crippen LogP contribution in [0.15, 0.2) is 18.3 Å². The first-order chi connectivity index (χ1) is 7.68. The van der Waals surface area contributed by atoms with Crippen LogP contribution in [0.3, 0.4) is 0 Å². The fraction of sp³-hybridized carbons (Fsp3) is 0.545. The van der Waals surface area contributed by atoms with Gasteiger partial charge in [0.25, 0.3) is 0 Å². The number of aromatic nitrogens is 1. The van der Waals surface area contributed by atoms with Crippen LogP contribution < -0.4 is 5.32 Å². The first-order valence-electron chi connectivity index (χ1n) is 5.54. The summed E-state index contributed by atoms with van der Waals surface area (Å²) in [6.45, 7) is 2.06. The summed E-state index contributed by atoms with van der Waals surface area (Å²) in [5.74, 6) is 1.01. The minimum Gasteiger partial charge on any atom is -0.362 e. The molecule has 1 aromatic rings. The zero-order valence-corrected chi connectivity index (χ0v) is 9.22. The highest BCUT2D eigenvalue weighted by molar-refractivity contribution is 5.55. The molecule has 1 aliphatic rings. The molecule has 1 unspecified atom stereocenters. The summed E-state index contributed by atoms with van der Waals surface area (Å²) in [7, 11) is 0. The number of nitrogens with zero attached hydrogens (tertiary/aromatic N) is 2. The molecule has 0 aliphatic heterocycles. The third-order valence-electron chi connectivity index (χ3n) is 3.20. The highest BCUT2D eigenvalue weighted by Gasteiger charge is 2.25. The Bertz CT molecular complexity index is 391. The van der Waals surface area contributed by atoms with Gasteiger partial charge in [-0.3, -0.25) is 10.1 Å². The lowest BCUT2D eigenvalue weighted by molar-refractivity contribution is -0.384. The van der Waals surface area contributed by atoms with Gasteiger partial charge in [0, 0.05) is 18.3 Å². The topological polar surface area (TPSA) is 68.1 Å². The van der Waals surface area contributed by atoms with Gasteiger partial charge in [0.15, 0.2) is 0 Å². The Morgan fingerprint density at radius 2 is 2.38 bits per heavy atom. The molecular formula is C11H15N3O2. The predicted octanol–water partition coefficient (Wildman–Crippen LogP) is 2.59. The number of anilines is 1.